The zero-order valence-corrected chi connectivity index (χ0v) is 13.8. The Morgan fingerprint density at radius 2 is 1.85 bits per heavy atom. The van der Waals surface area contributed by atoms with Gasteiger partial charge in [0.1, 0.15) is 0 Å². The van der Waals surface area contributed by atoms with Crippen molar-refractivity contribution in [2.45, 2.75) is 65.6 Å². The Labute approximate surface area is 124 Å². The van der Waals surface area contributed by atoms with E-state index in [9.17, 15) is 0 Å². The normalized spacial score (nSPS) is 27.8. The molecule has 1 heterocycles. The van der Waals surface area contributed by atoms with Crippen molar-refractivity contribution in [1.29, 1.82) is 0 Å². The quantitative estimate of drug-likeness (QED) is 0.901. The number of benzene rings is 1. The van der Waals surface area contributed by atoms with E-state index in [1.54, 1.807) is 0 Å². The molecule has 2 unspecified atom stereocenters. The molecule has 1 fully saturated rings. The molecule has 2 heteroatoms. The molecule has 0 aliphatic carbocycles. The average molecular weight is 274 g/mol. The van der Waals surface area contributed by atoms with Crippen molar-refractivity contribution >= 4 is 0 Å². The topological polar surface area (TPSA) is 15.3 Å². The number of rotatable bonds is 4. The fraction of sp³-hybridized carbons (Fsp3) is 0.667. The van der Waals surface area contributed by atoms with Crippen LogP contribution in [0.4, 0.5) is 0 Å². The van der Waals surface area contributed by atoms with Crippen LogP contribution >= 0.6 is 0 Å². The molecule has 112 valence electrons. The summed E-state index contributed by atoms with van der Waals surface area (Å²) >= 11 is 0. The number of piperazine rings is 1. The lowest BCUT2D eigenvalue weighted by Gasteiger charge is -2.48. The first kappa shape index (κ1) is 15.5. The molecule has 1 N–H and O–H groups in total. The van der Waals surface area contributed by atoms with Crippen molar-refractivity contribution in [3.63, 3.8) is 0 Å². The van der Waals surface area contributed by atoms with Crippen molar-refractivity contribution in [3.8, 4) is 0 Å². The molecule has 20 heavy (non-hydrogen) atoms. The van der Waals surface area contributed by atoms with Crippen LogP contribution in [0.2, 0.25) is 0 Å². The standard InChI is InChI=1S/C18H30N2/c1-6-17-12-20(18(5,7-2)13-19-17)11-16-9-14(3)8-15(4)10-16/h8-10,17,19H,6-7,11-13H2,1-5H3. The molecule has 0 aromatic heterocycles. The van der Waals surface area contributed by atoms with Crippen molar-refractivity contribution < 1.29 is 0 Å². The molecule has 1 aliphatic heterocycles. The third-order valence-electron chi connectivity index (χ3n) is 4.89. The highest BCUT2D eigenvalue weighted by atomic mass is 15.3. The van der Waals surface area contributed by atoms with Gasteiger partial charge >= 0.3 is 0 Å². The molecule has 1 aliphatic rings. The van der Waals surface area contributed by atoms with E-state index in [4.69, 9.17) is 0 Å². The average Bonchev–Trinajstić information content (AvgIpc) is 2.40. The Kier molecular flexibility index (Phi) is 4.87. The van der Waals surface area contributed by atoms with Crippen LogP contribution in [0.5, 0.6) is 0 Å². The van der Waals surface area contributed by atoms with Gasteiger partial charge in [-0.25, -0.2) is 0 Å². The molecule has 1 aromatic carbocycles. The van der Waals surface area contributed by atoms with E-state index in [1.807, 2.05) is 0 Å². The summed E-state index contributed by atoms with van der Waals surface area (Å²) < 4.78 is 0. The van der Waals surface area contributed by atoms with E-state index in [-0.39, 0.29) is 5.54 Å². The molecule has 0 radical (unpaired) electrons. The van der Waals surface area contributed by atoms with Gasteiger partial charge in [-0.2, -0.15) is 0 Å². The summed E-state index contributed by atoms with van der Waals surface area (Å²) in [6.45, 7) is 14.7. The molecule has 1 saturated heterocycles. The minimum Gasteiger partial charge on any atom is -0.311 e. The lowest BCUT2D eigenvalue weighted by molar-refractivity contribution is 0.0408. The molecule has 0 bridgehead atoms. The maximum absolute atomic E-state index is 3.71. The first-order valence-electron chi connectivity index (χ1n) is 8.02. The molecular weight excluding hydrogens is 244 g/mol. The number of aryl methyl sites for hydroxylation is 2. The van der Waals surface area contributed by atoms with Crippen LogP contribution in [0.25, 0.3) is 0 Å². The van der Waals surface area contributed by atoms with Gasteiger partial charge in [-0.05, 0) is 39.2 Å². The molecule has 0 saturated carbocycles. The van der Waals surface area contributed by atoms with Crippen LogP contribution in [0.3, 0.4) is 0 Å². The SMILES string of the molecule is CCC1CN(Cc2cc(C)cc(C)c2)C(C)(CC)CN1. The highest BCUT2D eigenvalue weighted by Gasteiger charge is 2.35. The van der Waals surface area contributed by atoms with Crippen LogP contribution in [0.15, 0.2) is 18.2 Å². The first-order chi connectivity index (χ1) is 9.46. The molecule has 1 aromatic rings. The van der Waals surface area contributed by atoms with E-state index in [2.05, 4.69) is 63.0 Å². The first-order valence-corrected chi connectivity index (χ1v) is 8.02. The predicted molar refractivity (Wildman–Crippen MR) is 87.1 cm³/mol. The molecule has 2 rings (SSSR count). The second kappa shape index (κ2) is 6.28. The van der Waals surface area contributed by atoms with Crippen LogP contribution in [0, 0.1) is 13.8 Å². The van der Waals surface area contributed by atoms with Gasteiger partial charge in [0.25, 0.3) is 0 Å². The fourth-order valence-corrected chi connectivity index (χ4v) is 3.29. The highest BCUT2D eigenvalue weighted by Crippen LogP contribution is 2.26. The summed E-state index contributed by atoms with van der Waals surface area (Å²) in [6.07, 6.45) is 2.41. The van der Waals surface area contributed by atoms with Gasteiger partial charge in [0.15, 0.2) is 0 Å². The summed E-state index contributed by atoms with van der Waals surface area (Å²) in [5, 5.41) is 3.71. The predicted octanol–water partition coefficient (Wildman–Crippen LogP) is 3.66. The van der Waals surface area contributed by atoms with Crippen molar-refractivity contribution in [2.75, 3.05) is 13.1 Å². The number of hydrogen-bond acceptors (Lipinski definition) is 2. The molecule has 0 spiro atoms. The van der Waals surface area contributed by atoms with E-state index in [0.717, 1.165) is 19.6 Å². The summed E-state index contributed by atoms with van der Waals surface area (Å²) in [7, 11) is 0. The van der Waals surface area contributed by atoms with E-state index >= 15 is 0 Å². The van der Waals surface area contributed by atoms with Crippen molar-refractivity contribution in [3.05, 3.63) is 34.9 Å². The third kappa shape index (κ3) is 3.42. The van der Waals surface area contributed by atoms with Gasteiger partial charge in [0.05, 0.1) is 0 Å². The molecular formula is C18H30N2. The Balaban J connectivity index is 2.18. The second-order valence-electron chi connectivity index (χ2n) is 6.71. The monoisotopic (exact) mass is 274 g/mol. The van der Waals surface area contributed by atoms with Gasteiger partial charge in [-0.15, -0.1) is 0 Å². The summed E-state index contributed by atoms with van der Waals surface area (Å²) in [6, 6.07) is 7.58. The summed E-state index contributed by atoms with van der Waals surface area (Å²) in [5.41, 5.74) is 4.49. The highest BCUT2D eigenvalue weighted by molar-refractivity contribution is 5.28. The van der Waals surface area contributed by atoms with Crippen LogP contribution in [-0.2, 0) is 6.54 Å². The van der Waals surface area contributed by atoms with Gasteiger partial charge in [-0.3, -0.25) is 4.90 Å². The van der Waals surface area contributed by atoms with E-state index in [0.29, 0.717) is 6.04 Å². The zero-order chi connectivity index (χ0) is 14.8. The minimum absolute atomic E-state index is 0.281. The lowest BCUT2D eigenvalue weighted by Crippen LogP contribution is -2.62. The second-order valence-corrected chi connectivity index (χ2v) is 6.71. The van der Waals surface area contributed by atoms with Crippen molar-refractivity contribution in [2.24, 2.45) is 0 Å². The van der Waals surface area contributed by atoms with Crippen LogP contribution in [0.1, 0.15) is 50.3 Å². The van der Waals surface area contributed by atoms with E-state index < -0.39 is 0 Å². The Morgan fingerprint density at radius 1 is 1.20 bits per heavy atom. The molecule has 2 nitrogen and oxygen atoms in total. The fourth-order valence-electron chi connectivity index (χ4n) is 3.29. The Hall–Kier alpha value is -0.860. The minimum atomic E-state index is 0.281. The maximum Gasteiger partial charge on any atom is 0.0307 e. The molecule has 0 amide bonds. The van der Waals surface area contributed by atoms with E-state index in [1.165, 1.54) is 29.5 Å². The third-order valence-corrected chi connectivity index (χ3v) is 4.89. The summed E-state index contributed by atoms with van der Waals surface area (Å²) in [4.78, 5) is 2.69. The number of nitrogens with zero attached hydrogens (tertiary/aromatic N) is 1. The smallest absolute Gasteiger partial charge is 0.0307 e. The van der Waals surface area contributed by atoms with Crippen LogP contribution in [-0.4, -0.2) is 29.6 Å². The summed E-state index contributed by atoms with van der Waals surface area (Å²) in [5.74, 6) is 0. The Bertz CT molecular complexity index is 434. The van der Waals surface area contributed by atoms with Gasteiger partial charge in [0, 0.05) is 31.2 Å². The van der Waals surface area contributed by atoms with Gasteiger partial charge < -0.3 is 5.32 Å². The largest absolute Gasteiger partial charge is 0.311 e. The van der Waals surface area contributed by atoms with Gasteiger partial charge in [-0.1, -0.05) is 43.2 Å². The maximum atomic E-state index is 3.71. The Morgan fingerprint density at radius 3 is 2.40 bits per heavy atom. The lowest BCUT2D eigenvalue weighted by atomic mass is 9.90. The molecule has 2 atom stereocenters. The number of nitrogens with one attached hydrogen (secondary N) is 1. The van der Waals surface area contributed by atoms with Gasteiger partial charge in [0.2, 0.25) is 0 Å². The zero-order valence-electron chi connectivity index (χ0n) is 13.8. The van der Waals surface area contributed by atoms with Crippen molar-refractivity contribution in [1.82, 2.24) is 10.2 Å². The van der Waals surface area contributed by atoms with Crippen LogP contribution < -0.4 is 5.32 Å². The number of hydrogen-bond donors (Lipinski definition) is 1.